The Morgan fingerprint density at radius 1 is 1.00 bits per heavy atom. The van der Waals surface area contributed by atoms with E-state index in [0.29, 0.717) is 5.56 Å². The Morgan fingerprint density at radius 3 is 2.37 bits per heavy atom. The van der Waals surface area contributed by atoms with Crippen LogP contribution in [0.3, 0.4) is 0 Å². The predicted molar refractivity (Wildman–Crippen MR) is 100 cm³/mol. The molecule has 0 bridgehead atoms. The Kier molecular flexibility index (Phi) is 4.91. The molecule has 2 aromatic rings. The average molecular weight is 439 g/mol. The zero-order valence-corrected chi connectivity index (χ0v) is 16.2. The number of fused-ring (bicyclic) bond motifs is 1. The molecule has 2 aromatic carbocycles. The Hall–Kier alpha value is -2.76. The van der Waals surface area contributed by atoms with Gasteiger partial charge >= 0.3 is 6.30 Å². The fourth-order valence-corrected chi connectivity index (χ4v) is 5.27. The lowest BCUT2D eigenvalue weighted by atomic mass is 10.0. The van der Waals surface area contributed by atoms with Gasteiger partial charge in [-0.15, -0.1) is 0 Å². The molecule has 1 N–H and O–H groups in total. The number of piperazine rings is 1. The number of benzene rings is 2. The number of nitrogens with zero attached hydrogens (tertiary/aromatic N) is 2. The van der Waals surface area contributed by atoms with Crippen molar-refractivity contribution in [1.82, 2.24) is 9.21 Å². The van der Waals surface area contributed by atoms with E-state index in [2.05, 4.69) is 5.32 Å². The third-order valence-electron chi connectivity index (χ3n) is 5.17. The van der Waals surface area contributed by atoms with Gasteiger partial charge in [0.1, 0.15) is 0 Å². The molecule has 2 aliphatic rings. The van der Waals surface area contributed by atoms with Gasteiger partial charge in [-0.1, -0.05) is 30.3 Å². The summed E-state index contributed by atoms with van der Waals surface area (Å²) < 4.78 is 67.5. The molecule has 0 aromatic heterocycles. The van der Waals surface area contributed by atoms with Crippen molar-refractivity contribution in [2.75, 3.05) is 25.0 Å². The summed E-state index contributed by atoms with van der Waals surface area (Å²) >= 11 is 0. The standard InChI is InChI=1S/C19H16F3N3O4S/c20-19(21,22)24-8-9-25(16(11-24)12-4-2-1-3-5-12)30(28,29)13-6-7-15-14(10-13)17(26)18(27)23-15/h1-7,10,16H,8-9,11H2,(H,23,26,27). The maximum Gasteiger partial charge on any atom is 0.460 e. The zero-order chi connectivity index (χ0) is 21.7. The first-order valence-electron chi connectivity index (χ1n) is 8.97. The van der Waals surface area contributed by atoms with Crippen LogP contribution in [-0.4, -0.2) is 55.2 Å². The van der Waals surface area contributed by atoms with Gasteiger partial charge in [-0.3, -0.25) is 9.59 Å². The van der Waals surface area contributed by atoms with Crippen molar-refractivity contribution in [2.45, 2.75) is 17.2 Å². The van der Waals surface area contributed by atoms with E-state index >= 15 is 0 Å². The summed E-state index contributed by atoms with van der Waals surface area (Å²) in [6, 6.07) is 10.6. The SMILES string of the molecule is O=C1Nc2ccc(S(=O)(=O)N3CCN(C(F)(F)F)CC3c3ccccc3)cc2C1=O. The number of rotatable bonds is 3. The minimum Gasteiger partial charge on any atom is -0.318 e. The molecule has 158 valence electrons. The van der Waals surface area contributed by atoms with Crippen molar-refractivity contribution in [3.63, 3.8) is 0 Å². The average Bonchev–Trinajstić information content (AvgIpc) is 3.01. The van der Waals surface area contributed by atoms with Gasteiger partial charge in [-0.25, -0.2) is 13.3 Å². The number of carbonyl (C=O) groups is 2. The van der Waals surface area contributed by atoms with Crippen LogP contribution in [0.1, 0.15) is 22.0 Å². The largest absolute Gasteiger partial charge is 0.460 e. The van der Waals surface area contributed by atoms with Crippen LogP contribution in [0.4, 0.5) is 18.9 Å². The number of alkyl halides is 3. The summed E-state index contributed by atoms with van der Waals surface area (Å²) in [7, 11) is -4.24. The summed E-state index contributed by atoms with van der Waals surface area (Å²) in [6.07, 6.45) is -4.59. The number of halogens is 3. The number of amides is 1. The monoisotopic (exact) mass is 439 g/mol. The molecule has 2 heterocycles. The van der Waals surface area contributed by atoms with Gasteiger partial charge in [0.05, 0.1) is 22.2 Å². The van der Waals surface area contributed by atoms with E-state index in [0.717, 1.165) is 10.4 Å². The van der Waals surface area contributed by atoms with Gasteiger partial charge in [-0.05, 0) is 23.8 Å². The van der Waals surface area contributed by atoms with Crippen LogP contribution in [0.25, 0.3) is 0 Å². The number of ketones is 1. The Bertz CT molecular complexity index is 1120. The first kappa shape index (κ1) is 20.5. The highest BCUT2D eigenvalue weighted by Crippen LogP contribution is 2.36. The highest BCUT2D eigenvalue weighted by Gasteiger charge is 2.46. The zero-order valence-electron chi connectivity index (χ0n) is 15.4. The third kappa shape index (κ3) is 3.48. The van der Waals surface area contributed by atoms with E-state index < -0.39 is 47.1 Å². The van der Waals surface area contributed by atoms with E-state index in [1.54, 1.807) is 30.3 Å². The molecule has 0 spiro atoms. The molecule has 2 aliphatic heterocycles. The smallest absolute Gasteiger partial charge is 0.318 e. The van der Waals surface area contributed by atoms with E-state index in [1.807, 2.05) is 0 Å². The van der Waals surface area contributed by atoms with E-state index in [-0.39, 0.29) is 27.6 Å². The fraction of sp³-hybridized carbons (Fsp3) is 0.263. The fourth-order valence-electron chi connectivity index (χ4n) is 3.65. The molecular weight excluding hydrogens is 423 g/mol. The van der Waals surface area contributed by atoms with Crippen molar-refractivity contribution in [3.8, 4) is 0 Å². The normalized spacial score (nSPS) is 20.8. The maximum atomic E-state index is 13.3. The Morgan fingerprint density at radius 2 is 1.70 bits per heavy atom. The second kappa shape index (κ2) is 7.18. The third-order valence-corrected chi connectivity index (χ3v) is 7.08. The van der Waals surface area contributed by atoms with Crippen molar-refractivity contribution in [2.24, 2.45) is 0 Å². The van der Waals surface area contributed by atoms with Crippen molar-refractivity contribution >= 4 is 27.4 Å². The number of hydrogen-bond acceptors (Lipinski definition) is 5. The molecule has 1 amide bonds. The minimum absolute atomic E-state index is 0.0775. The van der Waals surface area contributed by atoms with Crippen LogP contribution < -0.4 is 5.32 Å². The quantitative estimate of drug-likeness (QED) is 0.586. The van der Waals surface area contributed by atoms with Crippen LogP contribution in [0.5, 0.6) is 0 Å². The number of Topliss-reactive ketones (excluding diaryl/α,β-unsaturated/α-hetero) is 1. The predicted octanol–water partition coefficient (Wildman–Crippen LogP) is 2.39. The van der Waals surface area contributed by atoms with Crippen LogP contribution >= 0.6 is 0 Å². The summed E-state index contributed by atoms with van der Waals surface area (Å²) in [5, 5.41) is 2.33. The summed E-state index contributed by atoms with van der Waals surface area (Å²) in [6.45, 7) is -1.46. The highest BCUT2D eigenvalue weighted by molar-refractivity contribution is 7.89. The molecule has 1 fully saturated rings. The van der Waals surface area contributed by atoms with Crippen LogP contribution in [0.15, 0.2) is 53.4 Å². The highest BCUT2D eigenvalue weighted by atomic mass is 32.2. The number of nitrogens with one attached hydrogen (secondary N) is 1. The summed E-state index contributed by atoms with van der Waals surface area (Å²) in [4.78, 5) is 23.5. The molecule has 1 unspecified atom stereocenters. The summed E-state index contributed by atoms with van der Waals surface area (Å²) in [5.41, 5.74) is 0.542. The van der Waals surface area contributed by atoms with E-state index in [9.17, 15) is 31.2 Å². The first-order chi connectivity index (χ1) is 14.1. The number of anilines is 1. The maximum absolute atomic E-state index is 13.3. The van der Waals surface area contributed by atoms with Gasteiger partial charge < -0.3 is 5.32 Å². The first-order valence-corrected chi connectivity index (χ1v) is 10.4. The van der Waals surface area contributed by atoms with E-state index in [1.165, 1.54) is 12.1 Å². The van der Waals surface area contributed by atoms with Crippen LogP contribution in [0.2, 0.25) is 0 Å². The molecule has 7 nitrogen and oxygen atoms in total. The number of sulfonamides is 1. The topological polar surface area (TPSA) is 86.8 Å². The molecule has 11 heteroatoms. The summed E-state index contributed by atoms with van der Waals surface area (Å²) in [5.74, 6) is -1.72. The van der Waals surface area contributed by atoms with Gasteiger partial charge in [0.25, 0.3) is 11.7 Å². The van der Waals surface area contributed by atoms with Gasteiger partial charge in [0.2, 0.25) is 10.0 Å². The van der Waals surface area contributed by atoms with Gasteiger partial charge in [0, 0.05) is 19.6 Å². The lowest BCUT2D eigenvalue weighted by Gasteiger charge is -2.41. The second-order valence-electron chi connectivity index (χ2n) is 6.95. The van der Waals surface area contributed by atoms with Crippen molar-refractivity contribution in [3.05, 3.63) is 59.7 Å². The number of carbonyl (C=O) groups excluding carboxylic acids is 2. The van der Waals surface area contributed by atoms with Crippen LogP contribution in [-0.2, 0) is 14.8 Å². The van der Waals surface area contributed by atoms with Crippen LogP contribution in [0, 0.1) is 0 Å². The van der Waals surface area contributed by atoms with Crippen molar-refractivity contribution in [1.29, 1.82) is 0 Å². The van der Waals surface area contributed by atoms with Gasteiger partial charge in [0.15, 0.2) is 0 Å². The minimum atomic E-state index is -4.59. The molecule has 0 aliphatic carbocycles. The molecule has 1 saturated heterocycles. The van der Waals surface area contributed by atoms with Crippen molar-refractivity contribution < 1.29 is 31.2 Å². The molecule has 0 saturated carbocycles. The second-order valence-corrected chi connectivity index (χ2v) is 8.84. The molecule has 0 radical (unpaired) electrons. The molecule has 4 rings (SSSR count). The molecule has 30 heavy (non-hydrogen) atoms. The van der Waals surface area contributed by atoms with Gasteiger partial charge in [-0.2, -0.15) is 17.5 Å². The Balaban J connectivity index is 1.74. The molecular formula is C19H16F3N3O4S. The van der Waals surface area contributed by atoms with E-state index in [4.69, 9.17) is 0 Å². The number of hydrogen-bond donors (Lipinski definition) is 1. The lowest BCUT2D eigenvalue weighted by Crippen LogP contribution is -2.54. The lowest BCUT2D eigenvalue weighted by molar-refractivity contribution is -0.254. The Labute approximate surface area is 170 Å². The molecule has 1 atom stereocenters.